The molecule has 0 aromatic carbocycles. The highest BCUT2D eigenvalue weighted by molar-refractivity contribution is 6.30. The third-order valence-corrected chi connectivity index (χ3v) is 2.75. The Kier molecular flexibility index (Phi) is 3.90. The molecular weight excluding hydrogens is 196 g/mol. The minimum atomic E-state index is -0.0163. The third-order valence-electron chi connectivity index (χ3n) is 2.54. The summed E-state index contributed by atoms with van der Waals surface area (Å²) in [5, 5.41) is 0.714. The Morgan fingerprint density at radius 2 is 2.14 bits per heavy atom. The molecule has 1 aromatic heterocycles. The molecule has 0 amide bonds. The summed E-state index contributed by atoms with van der Waals surface area (Å²) in [5.41, 5.74) is 7.88. The smallest absolute Gasteiger partial charge is 0.0591 e. The van der Waals surface area contributed by atoms with Crippen LogP contribution in [0.5, 0.6) is 0 Å². The van der Waals surface area contributed by atoms with Gasteiger partial charge < -0.3 is 5.73 Å². The number of halogens is 1. The molecule has 2 atom stereocenters. The maximum atomic E-state index is 6.07. The fraction of sp³-hybridized carbons (Fsp3) is 0.545. The quantitative estimate of drug-likeness (QED) is 0.837. The molecule has 0 aliphatic heterocycles. The molecule has 1 aromatic rings. The number of aryl methyl sites for hydroxylation is 1. The number of hydrogen-bond acceptors (Lipinski definition) is 2. The maximum absolute atomic E-state index is 6.07. The highest BCUT2D eigenvalue weighted by Gasteiger charge is 2.15. The van der Waals surface area contributed by atoms with Crippen LogP contribution >= 0.6 is 11.6 Å². The molecule has 78 valence electrons. The lowest BCUT2D eigenvalue weighted by Gasteiger charge is -2.18. The average molecular weight is 213 g/mol. The van der Waals surface area contributed by atoms with E-state index in [1.165, 1.54) is 0 Å². The summed E-state index contributed by atoms with van der Waals surface area (Å²) in [7, 11) is 0. The Bertz CT molecular complexity index is 292. The molecule has 2 nitrogen and oxygen atoms in total. The molecule has 0 saturated carbocycles. The molecule has 2 N–H and O–H groups in total. The highest BCUT2D eigenvalue weighted by atomic mass is 35.5. The molecule has 0 saturated heterocycles. The minimum Gasteiger partial charge on any atom is -0.322 e. The van der Waals surface area contributed by atoms with Crippen molar-refractivity contribution in [3.63, 3.8) is 0 Å². The van der Waals surface area contributed by atoms with Gasteiger partial charge in [-0.2, -0.15) is 0 Å². The van der Waals surface area contributed by atoms with Crippen molar-refractivity contribution in [1.29, 1.82) is 0 Å². The first-order chi connectivity index (χ1) is 6.54. The summed E-state index contributed by atoms with van der Waals surface area (Å²) >= 11 is 5.95. The van der Waals surface area contributed by atoms with Crippen molar-refractivity contribution in [2.75, 3.05) is 0 Å². The van der Waals surface area contributed by atoms with Crippen molar-refractivity contribution in [2.24, 2.45) is 11.7 Å². The van der Waals surface area contributed by atoms with Gasteiger partial charge in [-0.25, -0.2) is 0 Å². The SMILES string of the molecule is CC[C@@H](C)[C@H](N)c1cc(Cl)cc(C)n1. The van der Waals surface area contributed by atoms with Crippen LogP contribution in [0.1, 0.15) is 37.7 Å². The Labute approximate surface area is 90.5 Å². The topological polar surface area (TPSA) is 38.9 Å². The van der Waals surface area contributed by atoms with Crippen LogP contribution in [0, 0.1) is 12.8 Å². The number of hydrogen-bond donors (Lipinski definition) is 1. The molecule has 0 unspecified atom stereocenters. The van der Waals surface area contributed by atoms with Gasteiger partial charge in [0.1, 0.15) is 0 Å². The van der Waals surface area contributed by atoms with E-state index in [1.807, 2.05) is 19.1 Å². The zero-order chi connectivity index (χ0) is 10.7. The lowest BCUT2D eigenvalue weighted by atomic mass is 9.97. The van der Waals surface area contributed by atoms with Crippen LogP contribution in [-0.4, -0.2) is 4.98 Å². The van der Waals surface area contributed by atoms with E-state index in [9.17, 15) is 0 Å². The van der Waals surface area contributed by atoms with E-state index < -0.39 is 0 Å². The Hall–Kier alpha value is -0.600. The molecular formula is C11H17ClN2. The number of nitrogens with two attached hydrogens (primary N) is 1. The zero-order valence-electron chi connectivity index (χ0n) is 8.92. The van der Waals surface area contributed by atoms with Crippen molar-refractivity contribution in [1.82, 2.24) is 4.98 Å². The predicted octanol–water partition coefficient (Wildman–Crippen LogP) is 3.09. The first-order valence-electron chi connectivity index (χ1n) is 4.94. The Morgan fingerprint density at radius 3 is 2.64 bits per heavy atom. The molecule has 3 heteroatoms. The first-order valence-corrected chi connectivity index (χ1v) is 5.32. The van der Waals surface area contributed by atoms with Gasteiger partial charge in [-0.3, -0.25) is 4.98 Å². The lowest BCUT2D eigenvalue weighted by molar-refractivity contribution is 0.448. The molecule has 0 spiro atoms. The van der Waals surface area contributed by atoms with Gasteiger partial charge in [-0.15, -0.1) is 0 Å². The normalized spacial score (nSPS) is 15.2. The van der Waals surface area contributed by atoms with E-state index in [2.05, 4.69) is 18.8 Å². The van der Waals surface area contributed by atoms with Gasteiger partial charge >= 0.3 is 0 Å². The third kappa shape index (κ3) is 2.69. The zero-order valence-corrected chi connectivity index (χ0v) is 9.67. The van der Waals surface area contributed by atoms with Gasteiger partial charge in [0.05, 0.1) is 5.69 Å². The summed E-state index contributed by atoms with van der Waals surface area (Å²) in [5.74, 6) is 0.431. The van der Waals surface area contributed by atoms with Gasteiger partial charge in [-0.1, -0.05) is 31.9 Å². The van der Waals surface area contributed by atoms with E-state index in [1.54, 1.807) is 0 Å². The van der Waals surface area contributed by atoms with E-state index in [-0.39, 0.29) is 6.04 Å². The van der Waals surface area contributed by atoms with Gasteiger partial charge in [0.2, 0.25) is 0 Å². The van der Waals surface area contributed by atoms with Crippen LogP contribution in [0.2, 0.25) is 5.02 Å². The number of nitrogens with zero attached hydrogens (tertiary/aromatic N) is 1. The van der Waals surface area contributed by atoms with Crippen molar-refractivity contribution < 1.29 is 0 Å². The van der Waals surface area contributed by atoms with Gasteiger partial charge in [-0.05, 0) is 25.0 Å². The highest BCUT2D eigenvalue weighted by Crippen LogP contribution is 2.22. The largest absolute Gasteiger partial charge is 0.322 e. The second-order valence-electron chi connectivity index (χ2n) is 3.76. The monoisotopic (exact) mass is 212 g/mol. The molecule has 14 heavy (non-hydrogen) atoms. The molecule has 0 aliphatic rings. The van der Waals surface area contributed by atoms with Crippen LogP contribution in [0.15, 0.2) is 12.1 Å². The van der Waals surface area contributed by atoms with E-state index in [4.69, 9.17) is 17.3 Å². The van der Waals surface area contributed by atoms with E-state index in [0.717, 1.165) is 17.8 Å². The van der Waals surface area contributed by atoms with Crippen molar-refractivity contribution in [2.45, 2.75) is 33.2 Å². The van der Waals surface area contributed by atoms with Crippen LogP contribution in [0.25, 0.3) is 0 Å². The Balaban J connectivity index is 2.94. The molecule has 0 aliphatic carbocycles. The summed E-state index contributed by atoms with van der Waals surface area (Å²) in [6.07, 6.45) is 1.05. The van der Waals surface area contributed by atoms with Crippen LogP contribution in [-0.2, 0) is 0 Å². The second kappa shape index (κ2) is 4.76. The van der Waals surface area contributed by atoms with E-state index in [0.29, 0.717) is 10.9 Å². The second-order valence-corrected chi connectivity index (χ2v) is 4.20. The van der Waals surface area contributed by atoms with Crippen molar-refractivity contribution >= 4 is 11.6 Å². The summed E-state index contributed by atoms with van der Waals surface area (Å²) in [6.45, 7) is 6.18. The van der Waals surface area contributed by atoms with E-state index >= 15 is 0 Å². The molecule has 0 fully saturated rings. The van der Waals surface area contributed by atoms with Crippen LogP contribution in [0.3, 0.4) is 0 Å². The molecule has 0 bridgehead atoms. The summed E-state index contributed by atoms with van der Waals surface area (Å²) in [6, 6.07) is 3.68. The van der Waals surface area contributed by atoms with Crippen molar-refractivity contribution in [3.05, 3.63) is 28.5 Å². The maximum Gasteiger partial charge on any atom is 0.0591 e. The molecule has 1 heterocycles. The summed E-state index contributed by atoms with van der Waals surface area (Å²) < 4.78 is 0. The van der Waals surface area contributed by atoms with Crippen LogP contribution in [0.4, 0.5) is 0 Å². The molecule has 0 radical (unpaired) electrons. The predicted molar refractivity (Wildman–Crippen MR) is 60.4 cm³/mol. The Morgan fingerprint density at radius 1 is 1.50 bits per heavy atom. The fourth-order valence-electron chi connectivity index (χ4n) is 1.37. The minimum absolute atomic E-state index is 0.0163. The average Bonchev–Trinajstić information content (AvgIpc) is 2.14. The van der Waals surface area contributed by atoms with Gasteiger partial charge in [0, 0.05) is 16.8 Å². The van der Waals surface area contributed by atoms with Crippen molar-refractivity contribution in [3.8, 4) is 0 Å². The lowest BCUT2D eigenvalue weighted by Crippen LogP contribution is -2.20. The number of rotatable bonds is 3. The number of aromatic nitrogens is 1. The first kappa shape index (κ1) is 11.5. The number of pyridine rings is 1. The van der Waals surface area contributed by atoms with Gasteiger partial charge in [0.25, 0.3) is 0 Å². The summed E-state index contributed by atoms with van der Waals surface area (Å²) in [4.78, 5) is 4.39. The standard InChI is InChI=1S/C11H17ClN2/c1-4-7(2)11(13)10-6-9(12)5-8(3)14-10/h5-7,11H,4,13H2,1-3H3/t7-,11+/m1/s1. The molecule has 1 rings (SSSR count). The fourth-order valence-corrected chi connectivity index (χ4v) is 1.64. The van der Waals surface area contributed by atoms with Crippen LogP contribution < -0.4 is 5.73 Å². The van der Waals surface area contributed by atoms with Gasteiger partial charge in [0.15, 0.2) is 0 Å².